The SMILES string of the molecule is O=C(CC1CCCC1)N1CCCN(Cc2ccc(Cl)cc2)CC1. The molecule has 0 aromatic heterocycles. The van der Waals surface area contributed by atoms with E-state index in [1.165, 1.54) is 31.2 Å². The predicted molar refractivity (Wildman–Crippen MR) is 94.5 cm³/mol. The molecule has 0 spiro atoms. The van der Waals surface area contributed by atoms with E-state index in [2.05, 4.69) is 21.9 Å². The van der Waals surface area contributed by atoms with Gasteiger partial charge in [-0.05, 0) is 42.9 Å². The third kappa shape index (κ3) is 4.95. The Hall–Kier alpha value is -1.06. The minimum atomic E-state index is 0.380. The molecule has 1 heterocycles. The van der Waals surface area contributed by atoms with Crippen molar-refractivity contribution in [1.82, 2.24) is 9.80 Å². The average Bonchev–Trinajstić information content (AvgIpc) is 2.94. The van der Waals surface area contributed by atoms with Crippen LogP contribution >= 0.6 is 11.6 Å². The van der Waals surface area contributed by atoms with Crippen molar-refractivity contribution in [2.24, 2.45) is 5.92 Å². The summed E-state index contributed by atoms with van der Waals surface area (Å²) in [5.74, 6) is 1.03. The fourth-order valence-corrected chi connectivity index (χ4v) is 3.94. The number of hydrogen-bond acceptors (Lipinski definition) is 2. The Morgan fingerprint density at radius 1 is 1.00 bits per heavy atom. The molecular weight excluding hydrogens is 308 g/mol. The van der Waals surface area contributed by atoms with Crippen molar-refractivity contribution in [3.05, 3.63) is 34.9 Å². The van der Waals surface area contributed by atoms with Crippen molar-refractivity contribution < 1.29 is 4.79 Å². The van der Waals surface area contributed by atoms with Crippen LogP contribution in [0.1, 0.15) is 44.1 Å². The first-order valence-corrected chi connectivity index (χ1v) is 9.33. The van der Waals surface area contributed by atoms with Gasteiger partial charge < -0.3 is 4.90 Å². The molecule has 1 aromatic carbocycles. The number of halogens is 1. The van der Waals surface area contributed by atoms with Crippen LogP contribution < -0.4 is 0 Å². The summed E-state index contributed by atoms with van der Waals surface area (Å²) < 4.78 is 0. The maximum Gasteiger partial charge on any atom is 0.222 e. The van der Waals surface area contributed by atoms with Gasteiger partial charge in [0.15, 0.2) is 0 Å². The van der Waals surface area contributed by atoms with Gasteiger partial charge in [-0.2, -0.15) is 0 Å². The zero-order chi connectivity index (χ0) is 16.1. The van der Waals surface area contributed by atoms with Crippen LogP contribution in [0.5, 0.6) is 0 Å². The highest BCUT2D eigenvalue weighted by molar-refractivity contribution is 6.30. The quantitative estimate of drug-likeness (QED) is 0.832. The van der Waals surface area contributed by atoms with Crippen molar-refractivity contribution in [3.8, 4) is 0 Å². The number of rotatable bonds is 4. The topological polar surface area (TPSA) is 23.6 Å². The van der Waals surface area contributed by atoms with E-state index in [-0.39, 0.29) is 0 Å². The fourth-order valence-electron chi connectivity index (χ4n) is 3.82. The molecule has 3 rings (SSSR count). The van der Waals surface area contributed by atoms with Gasteiger partial charge in [0.2, 0.25) is 5.91 Å². The number of nitrogens with zero attached hydrogens (tertiary/aromatic N) is 2. The molecule has 23 heavy (non-hydrogen) atoms. The predicted octanol–water partition coefficient (Wildman–Crippen LogP) is 3.95. The van der Waals surface area contributed by atoms with Crippen LogP contribution in [0, 0.1) is 5.92 Å². The molecule has 1 amide bonds. The molecule has 1 saturated carbocycles. The van der Waals surface area contributed by atoms with Crippen molar-refractivity contribution in [2.75, 3.05) is 26.2 Å². The standard InChI is InChI=1S/C19H27ClN2O/c20-18-8-6-17(7-9-18)15-21-10-3-11-22(13-12-21)19(23)14-16-4-1-2-5-16/h6-9,16H,1-5,10-15H2. The Morgan fingerprint density at radius 3 is 2.48 bits per heavy atom. The Kier molecular flexibility index (Phi) is 5.96. The smallest absolute Gasteiger partial charge is 0.222 e. The summed E-state index contributed by atoms with van der Waals surface area (Å²) in [4.78, 5) is 17.0. The van der Waals surface area contributed by atoms with Crippen molar-refractivity contribution >= 4 is 17.5 Å². The van der Waals surface area contributed by atoms with Crippen molar-refractivity contribution in [2.45, 2.75) is 45.1 Å². The van der Waals surface area contributed by atoms with E-state index in [1.54, 1.807) is 0 Å². The van der Waals surface area contributed by atoms with E-state index < -0.39 is 0 Å². The first kappa shape index (κ1) is 16.8. The van der Waals surface area contributed by atoms with Crippen LogP contribution in [0.15, 0.2) is 24.3 Å². The lowest BCUT2D eigenvalue weighted by molar-refractivity contribution is -0.132. The summed E-state index contributed by atoms with van der Waals surface area (Å²) in [7, 11) is 0. The van der Waals surface area contributed by atoms with Crippen molar-refractivity contribution in [3.63, 3.8) is 0 Å². The van der Waals surface area contributed by atoms with Gasteiger partial charge in [0, 0.05) is 44.2 Å². The third-order valence-corrected chi connectivity index (χ3v) is 5.45. The number of benzene rings is 1. The maximum atomic E-state index is 12.5. The first-order chi connectivity index (χ1) is 11.2. The lowest BCUT2D eigenvalue weighted by Gasteiger charge is -2.23. The molecule has 1 saturated heterocycles. The number of hydrogen-bond donors (Lipinski definition) is 0. The summed E-state index contributed by atoms with van der Waals surface area (Å²) >= 11 is 5.95. The molecule has 4 heteroatoms. The number of carbonyl (C=O) groups is 1. The molecule has 1 aliphatic carbocycles. The zero-order valence-electron chi connectivity index (χ0n) is 13.8. The van der Waals surface area contributed by atoms with Gasteiger partial charge in [-0.25, -0.2) is 0 Å². The van der Waals surface area contributed by atoms with Crippen LogP contribution in [0.25, 0.3) is 0 Å². The third-order valence-electron chi connectivity index (χ3n) is 5.20. The molecule has 126 valence electrons. The van der Waals surface area contributed by atoms with Gasteiger partial charge >= 0.3 is 0 Å². The largest absolute Gasteiger partial charge is 0.341 e. The maximum absolute atomic E-state index is 12.5. The molecule has 0 bridgehead atoms. The van der Waals surface area contributed by atoms with E-state index in [1.807, 2.05) is 12.1 Å². The molecule has 1 aromatic rings. The highest BCUT2D eigenvalue weighted by Gasteiger charge is 2.23. The molecule has 2 fully saturated rings. The van der Waals surface area contributed by atoms with Crippen LogP contribution in [0.3, 0.4) is 0 Å². The van der Waals surface area contributed by atoms with E-state index in [0.717, 1.165) is 50.6 Å². The van der Waals surface area contributed by atoms with Gasteiger partial charge in [-0.15, -0.1) is 0 Å². The second-order valence-corrected chi connectivity index (χ2v) is 7.43. The second-order valence-electron chi connectivity index (χ2n) is 6.99. The van der Waals surface area contributed by atoms with Gasteiger partial charge in [0.05, 0.1) is 0 Å². The van der Waals surface area contributed by atoms with Crippen LogP contribution in [-0.4, -0.2) is 41.9 Å². The molecule has 0 N–H and O–H groups in total. The highest BCUT2D eigenvalue weighted by atomic mass is 35.5. The molecular formula is C19H27ClN2O. The summed E-state index contributed by atoms with van der Waals surface area (Å²) in [6, 6.07) is 8.09. The molecule has 0 radical (unpaired) electrons. The summed E-state index contributed by atoms with van der Waals surface area (Å²) in [5.41, 5.74) is 1.29. The number of amides is 1. The normalized spacial score (nSPS) is 20.7. The highest BCUT2D eigenvalue weighted by Crippen LogP contribution is 2.28. The first-order valence-electron chi connectivity index (χ1n) is 8.95. The Morgan fingerprint density at radius 2 is 1.74 bits per heavy atom. The summed E-state index contributed by atoms with van der Waals surface area (Å²) in [6.07, 6.45) is 6.98. The summed E-state index contributed by atoms with van der Waals surface area (Å²) in [5, 5.41) is 0.785. The molecule has 3 nitrogen and oxygen atoms in total. The zero-order valence-corrected chi connectivity index (χ0v) is 14.6. The Bertz CT molecular complexity index is 511. The van der Waals surface area contributed by atoms with Crippen LogP contribution in [-0.2, 0) is 11.3 Å². The van der Waals surface area contributed by atoms with Gasteiger partial charge in [0.25, 0.3) is 0 Å². The minimum absolute atomic E-state index is 0.380. The molecule has 2 aliphatic rings. The minimum Gasteiger partial charge on any atom is -0.341 e. The fraction of sp³-hybridized carbons (Fsp3) is 0.632. The monoisotopic (exact) mass is 334 g/mol. The second kappa shape index (κ2) is 8.16. The summed E-state index contributed by atoms with van der Waals surface area (Å²) in [6.45, 7) is 4.78. The van der Waals surface area contributed by atoms with Crippen molar-refractivity contribution in [1.29, 1.82) is 0 Å². The Labute approximate surface area is 144 Å². The van der Waals surface area contributed by atoms with E-state index in [9.17, 15) is 4.79 Å². The van der Waals surface area contributed by atoms with Crippen LogP contribution in [0.4, 0.5) is 0 Å². The van der Waals surface area contributed by atoms with Crippen LogP contribution in [0.2, 0.25) is 5.02 Å². The van der Waals surface area contributed by atoms with Gasteiger partial charge in [0.1, 0.15) is 0 Å². The average molecular weight is 335 g/mol. The molecule has 0 unspecified atom stereocenters. The Balaban J connectivity index is 1.48. The number of carbonyl (C=O) groups excluding carboxylic acids is 1. The van der Waals surface area contributed by atoms with Gasteiger partial charge in [-0.3, -0.25) is 9.69 Å². The molecule has 0 atom stereocenters. The van der Waals surface area contributed by atoms with E-state index >= 15 is 0 Å². The molecule has 1 aliphatic heterocycles. The van der Waals surface area contributed by atoms with E-state index in [0.29, 0.717) is 11.8 Å². The lowest BCUT2D eigenvalue weighted by atomic mass is 10.0. The van der Waals surface area contributed by atoms with Gasteiger partial charge in [-0.1, -0.05) is 36.6 Å². The van der Waals surface area contributed by atoms with E-state index in [4.69, 9.17) is 11.6 Å². The lowest BCUT2D eigenvalue weighted by Crippen LogP contribution is -2.35.